The first-order chi connectivity index (χ1) is 10.0. The third kappa shape index (κ3) is 3.35. The zero-order valence-corrected chi connectivity index (χ0v) is 12.1. The summed E-state index contributed by atoms with van der Waals surface area (Å²) in [7, 11) is 0. The minimum Gasteiger partial charge on any atom is -0.508 e. The van der Waals surface area contributed by atoms with Crippen LogP contribution in [-0.2, 0) is 6.54 Å². The molecule has 0 saturated heterocycles. The second kappa shape index (κ2) is 6.32. The van der Waals surface area contributed by atoms with Crippen LogP contribution in [0.2, 0.25) is 0 Å². The van der Waals surface area contributed by atoms with Crippen molar-refractivity contribution in [2.24, 2.45) is 5.84 Å². The Hall–Kier alpha value is -2.47. The molecule has 0 saturated carbocycles. The number of anilines is 1. The quantitative estimate of drug-likeness (QED) is 0.444. The van der Waals surface area contributed by atoms with Gasteiger partial charge >= 0.3 is 0 Å². The first kappa shape index (κ1) is 14.9. The molecule has 1 amide bonds. The van der Waals surface area contributed by atoms with E-state index in [0.29, 0.717) is 23.6 Å². The van der Waals surface area contributed by atoms with Gasteiger partial charge in [-0.1, -0.05) is 6.07 Å². The lowest BCUT2D eigenvalue weighted by atomic mass is 10.2. The highest BCUT2D eigenvalue weighted by Crippen LogP contribution is 2.23. The van der Waals surface area contributed by atoms with Gasteiger partial charge in [-0.2, -0.15) is 0 Å². The van der Waals surface area contributed by atoms with Crippen molar-refractivity contribution in [3.63, 3.8) is 0 Å². The summed E-state index contributed by atoms with van der Waals surface area (Å²) < 4.78 is 5.60. The van der Waals surface area contributed by atoms with E-state index in [1.807, 2.05) is 17.9 Å². The van der Waals surface area contributed by atoms with E-state index in [2.05, 4.69) is 5.43 Å². The van der Waals surface area contributed by atoms with E-state index in [0.717, 1.165) is 12.2 Å². The molecule has 0 atom stereocenters. The number of hydrogen-bond acceptors (Lipinski definition) is 5. The number of furan rings is 1. The van der Waals surface area contributed by atoms with Gasteiger partial charge in [0.1, 0.15) is 17.3 Å². The fourth-order valence-corrected chi connectivity index (χ4v) is 2.19. The average Bonchev–Trinajstić information content (AvgIpc) is 2.84. The lowest BCUT2D eigenvalue weighted by Crippen LogP contribution is -2.30. The Morgan fingerprint density at radius 2 is 2.19 bits per heavy atom. The van der Waals surface area contributed by atoms with E-state index < -0.39 is 0 Å². The van der Waals surface area contributed by atoms with Crippen LogP contribution in [0.25, 0.3) is 0 Å². The number of nitrogens with zero attached hydrogens (tertiary/aromatic N) is 1. The van der Waals surface area contributed by atoms with Gasteiger partial charge in [0.25, 0.3) is 5.91 Å². The number of hydrogen-bond donors (Lipinski definition) is 3. The maximum Gasteiger partial charge on any atom is 0.268 e. The number of aryl methyl sites for hydroxylation is 1. The molecule has 0 fully saturated rings. The molecule has 1 aromatic carbocycles. The van der Waals surface area contributed by atoms with Crippen LogP contribution in [0.3, 0.4) is 0 Å². The number of nitrogen functional groups attached to an aromatic ring is 1. The third-order valence-electron chi connectivity index (χ3n) is 3.27. The van der Waals surface area contributed by atoms with Crippen LogP contribution in [0.1, 0.15) is 28.8 Å². The molecule has 6 nitrogen and oxygen atoms in total. The molecule has 0 aliphatic carbocycles. The Labute approximate surface area is 123 Å². The van der Waals surface area contributed by atoms with Crippen molar-refractivity contribution in [2.45, 2.75) is 20.4 Å². The monoisotopic (exact) mass is 289 g/mol. The zero-order chi connectivity index (χ0) is 15.4. The van der Waals surface area contributed by atoms with E-state index in [1.54, 1.807) is 31.2 Å². The van der Waals surface area contributed by atoms with Crippen molar-refractivity contribution in [3.05, 3.63) is 47.4 Å². The summed E-state index contributed by atoms with van der Waals surface area (Å²) in [6, 6.07) is 8.69. The van der Waals surface area contributed by atoms with Gasteiger partial charge in [-0.25, -0.2) is 5.84 Å². The summed E-state index contributed by atoms with van der Waals surface area (Å²) in [5.41, 5.74) is 3.41. The predicted molar refractivity (Wildman–Crippen MR) is 79.9 cm³/mol. The Bertz CT molecular complexity index is 637. The number of hydrazine groups is 1. The fourth-order valence-electron chi connectivity index (χ4n) is 2.19. The fraction of sp³-hybridized carbons (Fsp3) is 0.267. The Morgan fingerprint density at radius 3 is 2.81 bits per heavy atom. The Morgan fingerprint density at radius 1 is 1.43 bits per heavy atom. The molecular weight excluding hydrogens is 270 g/mol. The van der Waals surface area contributed by atoms with Crippen molar-refractivity contribution in [2.75, 3.05) is 11.4 Å². The van der Waals surface area contributed by atoms with Crippen LogP contribution in [0.4, 0.5) is 5.69 Å². The first-order valence-electron chi connectivity index (χ1n) is 6.69. The summed E-state index contributed by atoms with van der Waals surface area (Å²) in [5, 5.41) is 9.56. The molecule has 0 aliphatic heterocycles. The lowest BCUT2D eigenvalue weighted by Gasteiger charge is -2.21. The van der Waals surface area contributed by atoms with Gasteiger partial charge < -0.3 is 14.4 Å². The average molecular weight is 289 g/mol. The van der Waals surface area contributed by atoms with E-state index >= 15 is 0 Å². The van der Waals surface area contributed by atoms with Crippen molar-refractivity contribution in [1.82, 2.24) is 5.43 Å². The molecule has 0 radical (unpaired) electrons. The number of nitrogens with two attached hydrogens (primary N) is 1. The maximum atomic E-state index is 11.6. The van der Waals surface area contributed by atoms with E-state index in [1.165, 1.54) is 0 Å². The van der Waals surface area contributed by atoms with Gasteiger partial charge in [0.2, 0.25) is 0 Å². The second-order valence-corrected chi connectivity index (χ2v) is 4.69. The Balaban J connectivity index is 2.21. The molecule has 4 N–H and O–H groups in total. The highest BCUT2D eigenvalue weighted by Gasteiger charge is 2.16. The number of aromatic hydroxyl groups is 1. The standard InChI is InChI=1S/C15H19N3O3/c1-3-18(11-5-4-6-12(19)7-11)9-13-8-14(10(2)21-13)15(20)17-16/h4-8,19H,3,9,16H2,1-2H3,(H,17,20). The van der Waals surface area contributed by atoms with Crippen molar-refractivity contribution in [3.8, 4) is 5.75 Å². The normalized spacial score (nSPS) is 10.4. The smallest absolute Gasteiger partial charge is 0.268 e. The molecule has 2 rings (SSSR count). The first-order valence-corrected chi connectivity index (χ1v) is 6.69. The number of benzene rings is 1. The number of carbonyl (C=O) groups excluding carboxylic acids is 1. The lowest BCUT2D eigenvalue weighted by molar-refractivity contribution is 0.0952. The van der Waals surface area contributed by atoms with Gasteiger partial charge in [-0.15, -0.1) is 0 Å². The van der Waals surface area contributed by atoms with Gasteiger partial charge in [-0.05, 0) is 32.0 Å². The van der Waals surface area contributed by atoms with E-state index in [9.17, 15) is 9.90 Å². The molecule has 6 heteroatoms. The molecule has 0 aliphatic rings. The van der Waals surface area contributed by atoms with Crippen LogP contribution < -0.4 is 16.2 Å². The molecule has 2 aromatic rings. The molecule has 1 heterocycles. The zero-order valence-electron chi connectivity index (χ0n) is 12.1. The van der Waals surface area contributed by atoms with Gasteiger partial charge in [0.15, 0.2) is 0 Å². The number of phenolic OH excluding ortho intramolecular Hbond substituents is 1. The molecule has 21 heavy (non-hydrogen) atoms. The molecule has 0 unspecified atom stereocenters. The van der Waals surface area contributed by atoms with Crippen molar-refractivity contribution < 1.29 is 14.3 Å². The predicted octanol–water partition coefficient (Wildman–Crippen LogP) is 1.92. The minimum atomic E-state index is -0.372. The number of amides is 1. The van der Waals surface area contributed by atoms with Crippen LogP contribution in [-0.4, -0.2) is 17.6 Å². The molecule has 112 valence electrons. The molecule has 0 spiro atoms. The maximum absolute atomic E-state index is 11.6. The van der Waals surface area contributed by atoms with Crippen LogP contribution in [0.15, 0.2) is 34.7 Å². The third-order valence-corrected chi connectivity index (χ3v) is 3.27. The SMILES string of the molecule is CCN(Cc1cc(C(=O)NN)c(C)o1)c1cccc(O)c1. The highest BCUT2D eigenvalue weighted by atomic mass is 16.3. The largest absolute Gasteiger partial charge is 0.508 e. The van der Waals surface area contributed by atoms with Crippen LogP contribution in [0, 0.1) is 6.92 Å². The molecule has 1 aromatic heterocycles. The second-order valence-electron chi connectivity index (χ2n) is 4.69. The summed E-state index contributed by atoms with van der Waals surface area (Å²) in [5.74, 6) is 6.17. The summed E-state index contributed by atoms with van der Waals surface area (Å²) in [6.45, 7) is 4.96. The summed E-state index contributed by atoms with van der Waals surface area (Å²) in [6.07, 6.45) is 0. The van der Waals surface area contributed by atoms with Gasteiger partial charge in [0.05, 0.1) is 12.1 Å². The Kier molecular flexibility index (Phi) is 4.49. The molecule has 0 bridgehead atoms. The highest BCUT2D eigenvalue weighted by molar-refractivity contribution is 5.94. The number of rotatable bonds is 5. The topological polar surface area (TPSA) is 91.7 Å². The number of nitrogens with one attached hydrogen (secondary N) is 1. The van der Waals surface area contributed by atoms with Crippen LogP contribution in [0.5, 0.6) is 5.75 Å². The number of phenols is 1. The minimum absolute atomic E-state index is 0.213. The molecular formula is C15H19N3O3. The van der Waals surface area contributed by atoms with Crippen molar-refractivity contribution >= 4 is 11.6 Å². The van der Waals surface area contributed by atoms with E-state index in [4.69, 9.17) is 10.3 Å². The summed E-state index contributed by atoms with van der Waals surface area (Å²) >= 11 is 0. The number of carbonyl (C=O) groups is 1. The van der Waals surface area contributed by atoms with Crippen molar-refractivity contribution in [1.29, 1.82) is 0 Å². The van der Waals surface area contributed by atoms with Gasteiger partial charge in [-0.3, -0.25) is 10.2 Å². The summed E-state index contributed by atoms with van der Waals surface area (Å²) in [4.78, 5) is 13.6. The van der Waals surface area contributed by atoms with Gasteiger partial charge in [0, 0.05) is 18.3 Å². The van der Waals surface area contributed by atoms with Crippen LogP contribution >= 0.6 is 0 Å². The van der Waals surface area contributed by atoms with E-state index in [-0.39, 0.29) is 11.7 Å².